The Balaban J connectivity index is 3.18. The Labute approximate surface area is 91.3 Å². The second-order valence-corrected chi connectivity index (χ2v) is 3.52. The van der Waals surface area contributed by atoms with Crippen molar-refractivity contribution >= 4 is 30.2 Å². The standard InChI is InChI=1S/C9H6ClNO2S/c10-9-6(4-11)1-5(2-7(9)14)3-8(12)13/h1-2,14H,3H2,(H,12,13). The van der Waals surface area contributed by atoms with E-state index in [4.69, 9.17) is 22.0 Å². The van der Waals surface area contributed by atoms with Gasteiger partial charge in [-0.2, -0.15) is 5.26 Å². The number of benzene rings is 1. The number of carboxylic acids is 1. The number of aliphatic carboxylic acids is 1. The number of carbonyl (C=O) groups is 1. The zero-order chi connectivity index (χ0) is 10.7. The molecule has 0 aromatic heterocycles. The summed E-state index contributed by atoms with van der Waals surface area (Å²) in [6, 6.07) is 4.87. The van der Waals surface area contributed by atoms with E-state index in [-0.39, 0.29) is 17.0 Å². The molecule has 0 fully saturated rings. The lowest BCUT2D eigenvalue weighted by molar-refractivity contribution is -0.136. The van der Waals surface area contributed by atoms with Crippen molar-refractivity contribution in [1.82, 2.24) is 0 Å². The molecule has 1 aromatic carbocycles. The number of hydrogen-bond donors (Lipinski definition) is 2. The van der Waals surface area contributed by atoms with E-state index in [1.165, 1.54) is 6.07 Å². The number of nitrogens with zero attached hydrogens (tertiary/aromatic N) is 1. The number of thiol groups is 1. The first-order valence-corrected chi connectivity index (χ1v) is 4.50. The Hall–Kier alpha value is -1.18. The first kappa shape index (κ1) is 10.9. The summed E-state index contributed by atoms with van der Waals surface area (Å²) >= 11 is 9.79. The molecule has 0 aliphatic heterocycles. The van der Waals surface area contributed by atoms with Crippen LogP contribution in [0.1, 0.15) is 11.1 Å². The Morgan fingerprint density at radius 2 is 2.29 bits per heavy atom. The third kappa shape index (κ3) is 2.41. The SMILES string of the molecule is N#Cc1cc(CC(=O)O)cc(S)c1Cl. The third-order valence-electron chi connectivity index (χ3n) is 1.59. The fraction of sp³-hybridized carbons (Fsp3) is 0.111. The number of rotatable bonds is 2. The molecule has 0 aliphatic rings. The molecule has 1 aromatic rings. The summed E-state index contributed by atoms with van der Waals surface area (Å²) in [5.41, 5.74) is 0.763. The summed E-state index contributed by atoms with van der Waals surface area (Å²) in [6.07, 6.45) is -0.139. The maximum atomic E-state index is 10.4. The number of hydrogen-bond acceptors (Lipinski definition) is 3. The highest BCUT2D eigenvalue weighted by molar-refractivity contribution is 7.80. The lowest BCUT2D eigenvalue weighted by atomic mass is 10.1. The molecule has 0 radical (unpaired) electrons. The maximum Gasteiger partial charge on any atom is 0.307 e. The van der Waals surface area contributed by atoms with Gasteiger partial charge in [-0.1, -0.05) is 11.6 Å². The van der Waals surface area contributed by atoms with Gasteiger partial charge in [-0.3, -0.25) is 4.79 Å². The molecule has 14 heavy (non-hydrogen) atoms. The Morgan fingerprint density at radius 1 is 1.64 bits per heavy atom. The van der Waals surface area contributed by atoms with E-state index < -0.39 is 5.97 Å². The van der Waals surface area contributed by atoms with E-state index in [0.29, 0.717) is 10.5 Å². The summed E-state index contributed by atoms with van der Waals surface area (Å²) in [6.45, 7) is 0. The quantitative estimate of drug-likeness (QED) is 0.761. The molecule has 0 amide bonds. The van der Waals surface area contributed by atoms with Crippen LogP contribution < -0.4 is 0 Å². The van der Waals surface area contributed by atoms with Crippen molar-refractivity contribution < 1.29 is 9.90 Å². The second kappa shape index (κ2) is 4.36. The molecule has 72 valence electrons. The lowest BCUT2D eigenvalue weighted by Crippen LogP contribution is -2.00. The molecule has 0 atom stereocenters. The van der Waals surface area contributed by atoms with Gasteiger partial charge in [0.2, 0.25) is 0 Å². The van der Waals surface area contributed by atoms with Gasteiger partial charge >= 0.3 is 5.97 Å². The van der Waals surface area contributed by atoms with Crippen LogP contribution in [-0.4, -0.2) is 11.1 Å². The van der Waals surface area contributed by atoms with E-state index in [2.05, 4.69) is 12.6 Å². The highest BCUT2D eigenvalue weighted by atomic mass is 35.5. The summed E-state index contributed by atoms with van der Waals surface area (Å²) in [4.78, 5) is 10.8. The lowest BCUT2D eigenvalue weighted by Gasteiger charge is -2.03. The smallest absolute Gasteiger partial charge is 0.307 e. The molecular weight excluding hydrogens is 222 g/mol. The fourth-order valence-electron chi connectivity index (χ4n) is 1.03. The summed E-state index contributed by atoms with van der Waals surface area (Å²) < 4.78 is 0. The van der Waals surface area contributed by atoms with Crippen molar-refractivity contribution in [1.29, 1.82) is 5.26 Å². The molecule has 0 spiro atoms. The van der Waals surface area contributed by atoms with Crippen LogP contribution in [-0.2, 0) is 11.2 Å². The second-order valence-electron chi connectivity index (χ2n) is 2.66. The predicted molar refractivity (Wildman–Crippen MR) is 54.8 cm³/mol. The van der Waals surface area contributed by atoms with E-state index in [1.54, 1.807) is 6.07 Å². The molecule has 0 unspecified atom stereocenters. The van der Waals surface area contributed by atoms with Gasteiger partial charge in [-0.05, 0) is 17.7 Å². The predicted octanol–water partition coefficient (Wildman–Crippen LogP) is 2.13. The van der Waals surface area contributed by atoms with Crippen LogP contribution in [0.25, 0.3) is 0 Å². The Morgan fingerprint density at radius 3 is 2.79 bits per heavy atom. The molecule has 1 N–H and O–H groups in total. The Kier molecular flexibility index (Phi) is 3.39. The van der Waals surface area contributed by atoms with Crippen molar-refractivity contribution in [2.75, 3.05) is 0 Å². The molecule has 0 aliphatic carbocycles. The number of halogens is 1. The number of carboxylic acid groups (broad SMARTS) is 1. The van der Waals surface area contributed by atoms with Gasteiger partial charge < -0.3 is 5.11 Å². The Bertz CT molecular complexity index is 426. The van der Waals surface area contributed by atoms with Gasteiger partial charge in [0.05, 0.1) is 17.0 Å². The van der Waals surface area contributed by atoms with Crippen LogP contribution in [0.15, 0.2) is 17.0 Å². The fourth-order valence-corrected chi connectivity index (χ4v) is 1.46. The normalized spacial score (nSPS) is 9.50. The van der Waals surface area contributed by atoms with Gasteiger partial charge in [0, 0.05) is 4.90 Å². The zero-order valence-electron chi connectivity index (χ0n) is 6.99. The molecule has 1 rings (SSSR count). The van der Waals surface area contributed by atoms with Gasteiger partial charge in [-0.15, -0.1) is 12.6 Å². The minimum atomic E-state index is -0.955. The minimum absolute atomic E-state index is 0.139. The van der Waals surface area contributed by atoms with Crippen LogP contribution in [0.4, 0.5) is 0 Å². The van der Waals surface area contributed by atoms with Gasteiger partial charge in [0.1, 0.15) is 6.07 Å². The van der Waals surface area contributed by atoms with E-state index >= 15 is 0 Å². The van der Waals surface area contributed by atoms with Gasteiger partial charge in [-0.25, -0.2) is 0 Å². The van der Waals surface area contributed by atoms with Gasteiger partial charge in [0.25, 0.3) is 0 Å². The largest absolute Gasteiger partial charge is 0.481 e. The summed E-state index contributed by atoms with van der Waals surface area (Å²) in [5, 5.41) is 17.5. The van der Waals surface area contributed by atoms with E-state index in [9.17, 15) is 4.79 Å². The van der Waals surface area contributed by atoms with Crippen molar-refractivity contribution in [3.8, 4) is 6.07 Å². The van der Waals surface area contributed by atoms with E-state index in [0.717, 1.165) is 0 Å². The first-order valence-electron chi connectivity index (χ1n) is 3.68. The van der Waals surface area contributed by atoms with E-state index in [1.807, 2.05) is 6.07 Å². The number of nitriles is 1. The summed E-state index contributed by atoms with van der Waals surface area (Å²) in [7, 11) is 0. The molecule has 0 saturated heterocycles. The van der Waals surface area contributed by atoms with Crippen LogP contribution >= 0.6 is 24.2 Å². The third-order valence-corrected chi connectivity index (χ3v) is 2.48. The van der Waals surface area contributed by atoms with Gasteiger partial charge in [0.15, 0.2) is 0 Å². The highest BCUT2D eigenvalue weighted by Gasteiger charge is 2.08. The molecule has 0 heterocycles. The van der Waals surface area contributed by atoms with Crippen LogP contribution in [0.2, 0.25) is 5.02 Å². The molecular formula is C9H6ClNO2S. The zero-order valence-corrected chi connectivity index (χ0v) is 8.64. The first-order chi connectivity index (χ1) is 6.54. The monoisotopic (exact) mass is 227 g/mol. The van der Waals surface area contributed by atoms with Crippen molar-refractivity contribution in [3.63, 3.8) is 0 Å². The van der Waals surface area contributed by atoms with Crippen LogP contribution in [0.5, 0.6) is 0 Å². The van der Waals surface area contributed by atoms with Crippen molar-refractivity contribution in [2.24, 2.45) is 0 Å². The van der Waals surface area contributed by atoms with Crippen LogP contribution in [0, 0.1) is 11.3 Å². The molecule has 0 bridgehead atoms. The average Bonchev–Trinajstić information content (AvgIpc) is 2.10. The maximum absolute atomic E-state index is 10.4. The van der Waals surface area contributed by atoms with Crippen molar-refractivity contribution in [3.05, 3.63) is 28.3 Å². The molecule has 0 saturated carbocycles. The molecule has 5 heteroatoms. The molecule has 3 nitrogen and oxygen atoms in total. The highest BCUT2D eigenvalue weighted by Crippen LogP contribution is 2.25. The summed E-state index contributed by atoms with van der Waals surface area (Å²) in [5.74, 6) is -0.955. The van der Waals surface area contributed by atoms with Crippen molar-refractivity contribution in [2.45, 2.75) is 11.3 Å². The minimum Gasteiger partial charge on any atom is -0.481 e. The van der Waals surface area contributed by atoms with Crippen LogP contribution in [0.3, 0.4) is 0 Å². The average molecular weight is 228 g/mol. The topological polar surface area (TPSA) is 61.1 Å².